The fraction of sp³-hybridized carbons (Fsp3) is 0.0625. The van der Waals surface area contributed by atoms with Gasteiger partial charge in [0.05, 0.1) is 5.52 Å². The number of anilines is 2. The number of hydrogen-bond donors (Lipinski definition) is 2. The third-order valence-electron chi connectivity index (χ3n) is 3.08. The highest BCUT2D eigenvalue weighted by Gasteiger charge is 2.07. The van der Waals surface area contributed by atoms with Crippen molar-refractivity contribution in [2.24, 2.45) is 0 Å². The molecule has 1 aromatic heterocycles. The van der Waals surface area contributed by atoms with Gasteiger partial charge < -0.3 is 5.32 Å². The maximum atomic E-state index is 12.0. The number of carbonyl (C=O) groups excluding carboxylic acids is 1. The normalized spacial score (nSPS) is 10.3. The van der Waals surface area contributed by atoms with E-state index in [1.165, 1.54) is 6.33 Å². The van der Waals surface area contributed by atoms with Crippen molar-refractivity contribution in [2.75, 3.05) is 10.6 Å². The first-order chi connectivity index (χ1) is 10.2. The summed E-state index contributed by atoms with van der Waals surface area (Å²) in [6.07, 6.45) is 1.43. The Morgan fingerprint density at radius 3 is 2.52 bits per heavy atom. The van der Waals surface area contributed by atoms with Gasteiger partial charge >= 0.3 is 6.03 Å². The molecule has 2 amide bonds. The second-order valence-electron chi connectivity index (χ2n) is 4.68. The second-order valence-corrected chi connectivity index (χ2v) is 4.68. The van der Waals surface area contributed by atoms with E-state index in [0.29, 0.717) is 5.82 Å². The molecule has 0 aliphatic carbocycles. The number of fused-ring (bicyclic) bond motifs is 1. The Balaban J connectivity index is 1.79. The topological polar surface area (TPSA) is 66.9 Å². The summed E-state index contributed by atoms with van der Waals surface area (Å²) >= 11 is 0. The lowest BCUT2D eigenvalue weighted by molar-refractivity contribution is 0.262. The van der Waals surface area contributed by atoms with Crippen LogP contribution >= 0.6 is 0 Å². The van der Waals surface area contributed by atoms with E-state index < -0.39 is 0 Å². The van der Waals surface area contributed by atoms with Crippen LogP contribution in [0, 0.1) is 6.92 Å². The molecule has 0 saturated carbocycles. The number of aryl methyl sites for hydroxylation is 1. The molecular weight excluding hydrogens is 264 g/mol. The largest absolute Gasteiger partial charge is 0.324 e. The van der Waals surface area contributed by atoms with Crippen LogP contribution in [0.2, 0.25) is 0 Å². The third kappa shape index (κ3) is 2.97. The molecule has 0 radical (unpaired) electrons. The Bertz CT molecular complexity index is 778. The molecule has 3 rings (SSSR count). The maximum Gasteiger partial charge on any atom is 0.324 e. The number of para-hydroxylation sites is 1. The standard InChI is InChI=1S/C16H14N4O/c1-11-6-8-12(9-7-11)19-16(21)20-15-13-4-2-3-5-14(13)17-10-18-15/h2-10H,1H3,(H2,17,18,19,20,21). The van der Waals surface area contributed by atoms with Crippen LogP contribution in [0.1, 0.15) is 5.56 Å². The first-order valence-electron chi connectivity index (χ1n) is 6.57. The predicted molar refractivity (Wildman–Crippen MR) is 83.4 cm³/mol. The average Bonchev–Trinajstić information content (AvgIpc) is 2.50. The van der Waals surface area contributed by atoms with Crippen LogP contribution in [-0.4, -0.2) is 16.0 Å². The van der Waals surface area contributed by atoms with E-state index in [-0.39, 0.29) is 6.03 Å². The molecule has 2 N–H and O–H groups in total. The van der Waals surface area contributed by atoms with Gasteiger partial charge in [-0.1, -0.05) is 29.8 Å². The van der Waals surface area contributed by atoms with Crippen LogP contribution in [-0.2, 0) is 0 Å². The minimum absolute atomic E-state index is 0.331. The molecule has 5 heteroatoms. The van der Waals surface area contributed by atoms with Gasteiger partial charge in [0, 0.05) is 11.1 Å². The summed E-state index contributed by atoms with van der Waals surface area (Å²) in [4.78, 5) is 20.3. The van der Waals surface area contributed by atoms with Gasteiger partial charge in [-0.25, -0.2) is 14.8 Å². The fourth-order valence-electron chi connectivity index (χ4n) is 2.01. The number of urea groups is 1. The van der Waals surface area contributed by atoms with Gasteiger partial charge in [0.15, 0.2) is 0 Å². The lowest BCUT2D eigenvalue weighted by atomic mass is 10.2. The summed E-state index contributed by atoms with van der Waals surface area (Å²) in [5, 5.41) is 6.32. The molecule has 0 atom stereocenters. The number of hydrogen-bond acceptors (Lipinski definition) is 3. The van der Waals surface area contributed by atoms with Gasteiger partial charge in [0.2, 0.25) is 0 Å². The van der Waals surface area contributed by atoms with Gasteiger partial charge in [0.25, 0.3) is 0 Å². The summed E-state index contributed by atoms with van der Waals surface area (Å²) in [5.41, 5.74) is 2.66. The highest BCUT2D eigenvalue weighted by molar-refractivity contribution is 6.04. The molecule has 104 valence electrons. The van der Waals surface area contributed by atoms with E-state index in [1.54, 1.807) is 0 Å². The summed E-state index contributed by atoms with van der Waals surface area (Å²) in [7, 11) is 0. The highest BCUT2D eigenvalue weighted by atomic mass is 16.2. The van der Waals surface area contributed by atoms with Gasteiger partial charge in [-0.2, -0.15) is 0 Å². The van der Waals surface area contributed by atoms with Crippen molar-refractivity contribution in [3.05, 3.63) is 60.4 Å². The molecular formula is C16H14N4O. The number of nitrogens with one attached hydrogen (secondary N) is 2. The van der Waals surface area contributed by atoms with Crippen molar-refractivity contribution in [3.63, 3.8) is 0 Å². The monoisotopic (exact) mass is 278 g/mol. The zero-order valence-electron chi connectivity index (χ0n) is 11.5. The summed E-state index contributed by atoms with van der Waals surface area (Å²) < 4.78 is 0. The van der Waals surface area contributed by atoms with Gasteiger partial charge in [-0.3, -0.25) is 5.32 Å². The number of benzene rings is 2. The Labute approximate surface area is 122 Å². The number of amides is 2. The molecule has 21 heavy (non-hydrogen) atoms. The number of rotatable bonds is 2. The van der Waals surface area contributed by atoms with E-state index in [0.717, 1.165) is 22.2 Å². The third-order valence-corrected chi connectivity index (χ3v) is 3.08. The van der Waals surface area contributed by atoms with Crippen LogP contribution in [0.3, 0.4) is 0 Å². The first-order valence-corrected chi connectivity index (χ1v) is 6.57. The summed E-state index contributed by atoms with van der Waals surface area (Å²) in [6, 6.07) is 14.8. The van der Waals surface area contributed by atoms with E-state index in [2.05, 4.69) is 20.6 Å². The zero-order valence-corrected chi connectivity index (χ0v) is 11.5. The molecule has 0 aliphatic heterocycles. The van der Waals surface area contributed by atoms with Crippen LogP contribution in [0.25, 0.3) is 10.9 Å². The molecule has 0 saturated heterocycles. The highest BCUT2D eigenvalue weighted by Crippen LogP contribution is 2.18. The molecule has 0 spiro atoms. The number of nitrogens with zero attached hydrogens (tertiary/aromatic N) is 2. The molecule has 0 unspecified atom stereocenters. The van der Waals surface area contributed by atoms with E-state index in [1.807, 2.05) is 55.5 Å². The number of aromatic nitrogens is 2. The molecule has 5 nitrogen and oxygen atoms in total. The second kappa shape index (κ2) is 5.58. The van der Waals surface area contributed by atoms with Crippen LogP contribution in [0.5, 0.6) is 0 Å². The molecule has 0 bridgehead atoms. The van der Waals surface area contributed by atoms with Gasteiger partial charge in [-0.15, -0.1) is 0 Å². The van der Waals surface area contributed by atoms with Crippen molar-refractivity contribution in [1.82, 2.24) is 9.97 Å². The van der Waals surface area contributed by atoms with Gasteiger partial charge in [-0.05, 0) is 31.2 Å². The van der Waals surface area contributed by atoms with Crippen LogP contribution in [0.4, 0.5) is 16.3 Å². The van der Waals surface area contributed by atoms with Crippen LogP contribution < -0.4 is 10.6 Å². The summed E-state index contributed by atoms with van der Waals surface area (Å²) in [5.74, 6) is 0.491. The smallest absolute Gasteiger partial charge is 0.308 e. The molecule has 0 fully saturated rings. The Kier molecular flexibility index (Phi) is 3.47. The molecule has 3 aromatic rings. The van der Waals surface area contributed by atoms with Crippen molar-refractivity contribution >= 4 is 28.4 Å². The fourth-order valence-corrected chi connectivity index (χ4v) is 2.01. The quantitative estimate of drug-likeness (QED) is 0.753. The van der Waals surface area contributed by atoms with Crippen molar-refractivity contribution in [3.8, 4) is 0 Å². The zero-order chi connectivity index (χ0) is 14.7. The number of carbonyl (C=O) groups is 1. The Hall–Kier alpha value is -2.95. The van der Waals surface area contributed by atoms with Crippen molar-refractivity contribution in [2.45, 2.75) is 6.92 Å². The average molecular weight is 278 g/mol. The molecule has 2 aromatic carbocycles. The minimum atomic E-state index is -0.331. The molecule has 1 heterocycles. The molecule has 0 aliphatic rings. The predicted octanol–water partition coefficient (Wildman–Crippen LogP) is 3.58. The summed E-state index contributed by atoms with van der Waals surface area (Å²) in [6.45, 7) is 2.00. The first kappa shape index (κ1) is 13.1. The van der Waals surface area contributed by atoms with Gasteiger partial charge in [0.1, 0.15) is 12.1 Å². The minimum Gasteiger partial charge on any atom is -0.308 e. The van der Waals surface area contributed by atoms with Crippen molar-refractivity contribution < 1.29 is 4.79 Å². The maximum absolute atomic E-state index is 12.0. The lowest BCUT2D eigenvalue weighted by Crippen LogP contribution is -2.20. The lowest BCUT2D eigenvalue weighted by Gasteiger charge is -2.09. The van der Waals surface area contributed by atoms with Crippen LogP contribution in [0.15, 0.2) is 54.9 Å². The Morgan fingerprint density at radius 2 is 1.71 bits per heavy atom. The van der Waals surface area contributed by atoms with Crippen molar-refractivity contribution in [1.29, 1.82) is 0 Å². The van der Waals surface area contributed by atoms with E-state index in [4.69, 9.17) is 0 Å². The Morgan fingerprint density at radius 1 is 0.952 bits per heavy atom. The van der Waals surface area contributed by atoms with E-state index in [9.17, 15) is 4.79 Å². The SMILES string of the molecule is Cc1ccc(NC(=O)Nc2ncnc3ccccc23)cc1. The van der Waals surface area contributed by atoms with E-state index >= 15 is 0 Å².